The van der Waals surface area contributed by atoms with E-state index >= 15 is 0 Å². The summed E-state index contributed by atoms with van der Waals surface area (Å²) in [4.78, 5) is 30.4. The average Bonchev–Trinajstić information content (AvgIpc) is 3.57. The Balaban J connectivity index is 1.58. The Bertz CT molecular complexity index is 1740. The lowest BCUT2D eigenvalue weighted by atomic mass is 10.0. The molecule has 1 unspecified atom stereocenters. The van der Waals surface area contributed by atoms with Gasteiger partial charge in [0.1, 0.15) is 12.6 Å². The van der Waals surface area contributed by atoms with E-state index in [0.29, 0.717) is 10.7 Å². The van der Waals surface area contributed by atoms with Crippen molar-refractivity contribution in [3.63, 3.8) is 0 Å². The van der Waals surface area contributed by atoms with Gasteiger partial charge in [-0.25, -0.2) is 8.42 Å². The number of carbonyl (C=O) groups excluding carboxylic acids is 2. The van der Waals surface area contributed by atoms with Crippen LogP contribution < -0.4 is 9.62 Å². The van der Waals surface area contributed by atoms with E-state index in [2.05, 4.69) is 5.32 Å². The number of nitrogens with zero attached hydrogens (tertiary/aromatic N) is 2. The molecule has 1 N–H and O–H groups in total. The molecule has 1 atom stereocenters. The molecule has 0 saturated heterocycles. The van der Waals surface area contributed by atoms with E-state index in [4.69, 9.17) is 11.6 Å². The van der Waals surface area contributed by atoms with Gasteiger partial charge in [0.2, 0.25) is 11.8 Å². The number of hydrogen-bond acceptors (Lipinski definition) is 4. The van der Waals surface area contributed by atoms with Crippen LogP contribution in [0.2, 0.25) is 5.02 Å². The molecule has 2 amide bonds. The summed E-state index contributed by atoms with van der Waals surface area (Å²) in [5.41, 5.74) is 3.73. The first-order valence-corrected chi connectivity index (χ1v) is 17.5. The molecule has 4 aromatic rings. The number of aryl methyl sites for hydroxylation is 1. The second-order valence-electron chi connectivity index (χ2n) is 11.9. The maximum atomic E-state index is 14.7. The van der Waals surface area contributed by atoms with Crippen LogP contribution in [-0.2, 0) is 32.6 Å². The van der Waals surface area contributed by atoms with E-state index in [-0.39, 0.29) is 29.8 Å². The monoisotopic (exact) mass is 657 g/mol. The largest absolute Gasteiger partial charge is 0.352 e. The standard InChI is InChI=1S/C37H40ClN3O4S/c1-27-12-11-19-34(28(27)2)41(46(44,45)33-17-7-4-8-18-33)26-36(42)40(25-30-20-22-31(38)23-21-30)35(24-29-13-5-3-6-14-29)37(43)39-32-15-9-10-16-32/h3-8,11-14,17-23,32,35H,9-10,15-16,24-26H2,1-2H3,(H,39,43). The number of nitrogens with one attached hydrogen (secondary N) is 1. The number of anilines is 1. The summed E-state index contributed by atoms with van der Waals surface area (Å²) >= 11 is 6.18. The molecule has 0 radical (unpaired) electrons. The molecule has 9 heteroatoms. The minimum Gasteiger partial charge on any atom is -0.352 e. The van der Waals surface area contributed by atoms with E-state index in [0.717, 1.165) is 47.9 Å². The van der Waals surface area contributed by atoms with Crippen molar-refractivity contribution in [1.82, 2.24) is 10.2 Å². The SMILES string of the molecule is Cc1cccc(N(CC(=O)N(Cc2ccc(Cl)cc2)C(Cc2ccccc2)C(=O)NC2CCCC2)S(=O)(=O)c2ccccc2)c1C. The van der Waals surface area contributed by atoms with Crippen LogP contribution >= 0.6 is 11.6 Å². The van der Waals surface area contributed by atoms with Crippen LogP contribution in [-0.4, -0.2) is 43.8 Å². The van der Waals surface area contributed by atoms with Crippen molar-refractivity contribution in [3.05, 3.63) is 130 Å². The zero-order chi connectivity index (χ0) is 32.7. The fraction of sp³-hybridized carbons (Fsp3) is 0.297. The van der Waals surface area contributed by atoms with Gasteiger partial charge in [-0.05, 0) is 79.3 Å². The van der Waals surface area contributed by atoms with Crippen LogP contribution in [0, 0.1) is 13.8 Å². The van der Waals surface area contributed by atoms with Crippen molar-refractivity contribution in [3.8, 4) is 0 Å². The molecule has 0 heterocycles. The highest BCUT2D eigenvalue weighted by atomic mass is 35.5. The number of carbonyl (C=O) groups is 2. The van der Waals surface area contributed by atoms with Gasteiger partial charge in [-0.2, -0.15) is 0 Å². The summed E-state index contributed by atoms with van der Waals surface area (Å²) in [6, 6.07) is 29.4. The molecule has 1 fully saturated rings. The molecule has 46 heavy (non-hydrogen) atoms. The molecule has 1 saturated carbocycles. The zero-order valence-corrected chi connectivity index (χ0v) is 27.8. The number of amides is 2. The fourth-order valence-electron chi connectivity index (χ4n) is 5.95. The first-order valence-electron chi connectivity index (χ1n) is 15.7. The third-order valence-electron chi connectivity index (χ3n) is 8.69. The third kappa shape index (κ3) is 7.98. The van der Waals surface area contributed by atoms with Gasteiger partial charge in [-0.15, -0.1) is 0 Å². The van der Waals surface area contributed by atoms with Crippen molar-refractivity contribution in [2.45, 2.75) is 69.5 Å². The molecule has 0 aromatic heterocycles. The van der Waals surface area contributed by atoms with Gasteiger partial charge in [-0.3, -0.25) is 13.9 Å². The van der Waals surface area contributed by atoms with Crippen molar-refractivity contribution in [2.75, 3.05) is 10.8 Å². The summed E-state index contributed by atoms with van der Waals surface area (Å²) in [6.07, 6.45) is 4.15. The van der Waals surface area contributed by atoms with Gasteiger partial charge in [0.05, 0.1) is 10.6 Å². The van der Waals surface area contributed by atoms with E-state index < -0.39 is 28.5 Å². The van der Waals surface area contributed by atoms with Crippen LogP contribution in [0.25, 0.3) is 0 Å². The van der Waals surface area contributed by atoms with Crippen molar-refractivity contribution < 1.29 is 18.0 Å². The average molecular weight is 658 g/mol. The van der Waals surface area contributed by atoms with Gasteiger partial charge in [0.15, 0.2) is 0 Å². The highest BCUT2D eigenvalue weighted by molar-refractivity contribution is 7.92. The molecule has 1 aliphatic rings. The Morgan fingerprint density at radius 1 is 0.826 bits per heavy atom. The van der Waals surface area contributed by atoms with Crippen LogP contribution in [0.5, 0.6) is 0 Å². The number of benzene rings is 4. The molecule has 0 aliphatic heterocycles. The van der Waals surface area contributed by atoms with Crippen LogP contribution in [0.1, 0.15) is 47.9 Å². The maximum absolute atomic E-state index is 14.7. The summed E-state index contributed by atoms with van der Waals surface area (Å²) in [6.45, 7) is 3.36. The topological polar surface area (TPSA) is 86.8 Å². The number of rotatable bonds is 12. The molecular weight excluding hydrogens is 618 g/mol. The predicted molar refractivity (Wildman–Crippen MR) is 183 cm³/mol. The molecule has 7 nitrogen and oxygen atoms in total. The highest BCUT2D eigenvalue weighted by Crippen LogP contribution is 2.29. The van der Waals surface area contributed by atoms with Gasteiger partial charge < -0.3 is 10.2 Å². The third-order valence-corrected chi connectivity index (χ3v) is 10.7. The van der Waals surface area contributed by atoms with Gasteiger partial charge in [0.25, 0.3) is 10.0 Å². The maximum Gasteiger partial charge on any atom is 0.264 e. The van der Waals surface area contributed by atoms with E-state index in [1.807, 2.05) is 62.4 Å². The Hall–Kier alpha value is -4.14. The lowest BCUT2D eigenvalue weighted by molar-refractivity contribution is -0.140. The predicted octanol–water partition coefficient (Wildman–Crippen LogP) is 6.85. The Morgan fingerprint density at radius 3 is 2.11 bits per heavy atom. The smallest absolute Gasteiger partial charge is 0.264 e. The Labute approximate surface area is 277 Å². The van der Waals surface area contributed by atoms with Crippen LogP contribution in [0.3, 0.4) is 0 Å². The Kier molecular flexibility index (Phi) is 10.8. The molecule has 0 spiro atoms. The fourth-order valence-corrected chi connectivity index (χ4v) is 7.57. The zero-order valence-electron chi connectivity index (χ0n) is 26.2. The molecule has 1 aliphatic carbocycles. The number of sulfonamides is 1. The molecule has 4 aromatic carbocycles. The molecular formula is C37H40ClN3O4S. The van der Waals surface area contributed by atoms with Crippen molar-refractivity contribution >= 4 is 39.1 Å². The van der Waals surface area contributed by atoms with Gasteiger partial charge in [-0.1, -0.05) is 97.2 Å². The van der Waals surface area contributed by atoms with Gasteiger partial charge in [0, 0.05) is 24.0 Å². The van der Waals surface area contributed by atoms with E-state index in [9.17, 15) is 18.0 Å². The summed E-state index contributed by atoms with van der Waals surface area (Å²) < 4.78 is 29.6. The van der Waals surface area contributed by atoms with Gasteiger partial charge >= 0.3 is 0 Å². The molecule has 240 valence electrons. The first kappa shape index (κ1) is 33.2. The number of halogens is 1. The molecule has 0 bridgehead atoms. The Morgan fingerprint density at radius 2 is 1.46 bits per heavy atom. The molecule has 5 rings (SSSR count). The minimum absolute atomic E-state index is 0.0446. The van der Waals surface area contributed by atoms with Crippen LogP contribution in [0.4, 0.5) is 5.69 Å². The van der Waals surface area contributed by atoms with E-state index in [1.165, 1.54) is 21.3 Å². The van der Waals surface area contributed by atoms with Crippen LogP contribution in [0.15, 0.2) is 108 Å². The minimum atomic E-state index is -4.16. The number of hydrogen-bond donors (Lipinski definition) is 1. The first-order chi connectivity index (χ1) is 22.1. The van der Waals surface area contributed by atoms with E-state index in [1.54, 1.807) is 42.5 Å². The second kappa shape index (κ2) is 15.0. The highest BCUT2D eigenvalue weighted by Gasteiger charge is 2.36. The lowest BCUT2D eigenvalue weighted by Crippen LogP contribution is -2.54. The summed E-state index contributed by atoms with van der Waals surface area (Å²) in [5.74, 6) is -0.736. The second-order valence-corrected chi connectivity index (χ2v) is 14.2. The van der Waals surface area contributed by atoms with Crippen molar-refractivity contribution in [1.29, 1.82) is 0 Å². The van der Waals surface area contributed by atoms with Crippen molar-refractivity contribution in [2.24, 2.45) is 0 Å². The summed E-state index contributed by atoms with van der Waals surface area (Å²) in [5, 5.41) is 3.75. The summed E-state index contributed by atoms with van der Waals surface area (Å²) in [7, 11) is -4.16. The lowest BCUT2D eigenvalue weighted by Gasteiger charge is -2.34. The quantitative estimate of drug-likeness (QED) is 0.181. The normalized spacial score (nSPS) is 14.1.